The van der Waals surface area contributed by atoms with Crippen LogP contribution in [0.15, 0.2) is 36.4 Å². The highest BCUT2D eigenvalue weighted by Gasteiger charge is 2.19. The first-order chi connectivity index (χ1) is 9.78. The molecule has 3 rings (SSSR count). The Morgan fingerprint density at radius 3 is 2.50 bits per heavy atom. The highest BCUT2D eigenvalue weighted by Crippen LogP contribution is 2.30. The fourth-order valence-corrected chi connectivity index (χ4v) is 2.90. The number of nitrogens with two attached hydrogens (primary N) is 1. The minimum absolute atomic E-state index is 0.332. The number of likely N-dealkylation sites (tertiary alicyclic amines) is 1. The van der Waals surface area contributed by atoms with Gasteiger partial charge in [-0.2, -0.15) is 0 Å². The van der Waals surface area contributed by atoms with Gasteiger partial charge in [0.2, 0.25) is 0 Å². The molecule has 0 atom stereocenters. The van der Waals surface area contributed by atoms with E-state index in [1.54, 1.807) is 0 Å². The number of piperidine rings is 1. The van der Waals surface area contributed by atoms with Gasteiger partial charge in [-0.1, -0.05) is 30.3 Å². The van der Waals surface area contributed by atoms with Gasteiger partial charge < -0.3 is 15.4 Å². The molecule has 1 saturated heterocycles. The van der Waals surface area contributed by atoms with Gasteiger partial charge in [-0.25, -0.2) is 0 Å². The van der Waals surface area contributed by atoms with E-state index in [2.05, 4.69) is 48.3 Å². The van der Waals surface area contributed by atoms with Gasteiger partial charge in [-0.05, 0) is 36.9 Å². The van der Waals surface area contributed by atoms with Crippen LogP contribution in [0.25, 0.3) is 10.8 Å². The Balaban J connectivity index is 1.88. The van der Waals surface area contributed by atoms with Crippen molar-refractivity contribution in [2.75, 3.05) is 20.1 Å². The van der Waals surface area contributed by atoms with Crippen molar-refractivity contribution < 1.29 is 4.74 Å². The Hall–Kier alpha value is -1.58. The van der Waals surface area contributed by atoms with Gasteiger partial charge in [-0.3, -0.25) is 0 Å². The Kier molecular flexibility index (Phi) is 3.90. The van der Waals surface area contributed by atoms with Crippen LogP contribution in [0, 0.1) is 0 Å². The summed E-state index contributed by atoms with van der Waals surface area (Å²) in [4.78, 5) is 2.36. The minimum atomic E-state index is 0.332. The molecule has 0 unspecified atom stereocenters. The van der Waals surface area contributed by atoms with Crippen molar-refractivity contribution >= 4 is 10.8 Å². The molecule has 0 radical (unpaired) electrons. The van der Waals surface area contributed by atoms with E-state index in [9.17, 15) is 0 Å². The second-order valence-electron chi connectivity index (χ2n) is 5.59. The molecule has 0 aromatic heterocycles. The third-order valence-electron chi connectivity index (χ3n) is 4.15. The molecule has 3 nitrogen and oxygen atoms in total. The molecule has 0 amide bonds. The molecule has 0 aliphatic carbocycles. The van der Waals surface area contributed by atoms with Crippen LogP contribution in [0.4, 0.5) is 0 Å². The number of hydrogen-bond acceptors (Lipinski definition) is 3. The molecular formula is C17H22N2O. The monoisotopic (exact) mass is 270 g/mol. The van der Waals surface area contributed by atoms with Gasteiger partial charge in [0, 0.05) is 25.0 Å². The highest BCUT2D eigenvalue weighted by molar-refractivity contribution is 5.91. The normalized spacial score (nSPS) is 17.5. The largest absolute Gasteiger partial charge is 0.490 e. The second kappa shape index (κ2) is 5.81. The van der Waals surface area contributed by atoms with Gasteiger partial charge in [-0.15, -0.1) is 0 Å². The predicted molar refractivity (Wildman–Crippen MR) is 83.0 cm³/mol. The van der Waals surface area contributed by atoms with Gasteiger partial charge in [0.25, 0.3) is 0 Å². The fraction of sp³-hybridized carbons (Fsp3) is 0.412. The quantitative estimate of drug-likeness (QED) is 0.932. The van der Waals surface area contributed by atoms with E-state index < -0.39 is 0 Å². The Labute approximate surface area is 120 Å². The average molecular weight is 270 g/mol. The molecule has 2 N–H and O–H groups in total. The van der Waals surface area contributed by atoms with Crippen molar-refractivity contribution in [3.63, 3.8) is 0 Å². The van der Waals surface area contributed by atoms with Crippen LogP contribution < -0.4 is 10.5 Å². The van der Waals surface area contributed by atoms with Crippen molar-refractivity contribution in [2.45, 2.75) is 25.5 Å². The van der Waals surface area contributed by atoms with Crippen molar-refractivity contribution in [2.24, 2.45) is 5.73 Å². The number of nitrogens with zero attached hydrogens (tertiary/aromatic N) is 1. The number of rotatable bonds is 3. The maximum absolute atomic E-state index is 6.25. The molecule has 1 aliphatic rings. The van der Waals surface area contributed by atoms with Crippen molar-refractivity contribution in [3.8, 4) is 5.75 Å². The van der Waals surface area contributed by atoms with Crippen LogP contribution >= 0.6 is 0 Å². The Morgan fingerprint density at radius 1 is 1.10 bits per heavy atom. The lowest BCUT2D eigenvalue weighted by atomic mass is 10.0. The summed E-state index contributed by atoms with van der Waals surface area (Å²) in [5, 5.41) is 2.38. The lowest BCUT2D eigenvalue weighted by molar-refractivity contribution is 0.116. The van der Waals surface area contributed by atoms with Crippen LogP contribution in [0.3, 0.4) is 0 Å². The highest BCUT2D eigenvalue weighted by atomic mass is 16.5. The first-order valence-electron chi connectivity index (χ1n) is 7.34. The smallest absolute Gasteiger partial charge is 0.127 e. The van der Waals surface area contributed by atoms with E-state index in [0.29, 0.717) is 12.6 Å². The second-order valence-corrected chi connectivity index (χ2v) is 5.59. The standard InChI is InChI=1S/C17H22N2O/c1-19-10-8-14(9-11-19)20-17-7-6-13(12-18)15-4-2-3-5-16(15)17/h2-7,14H,8-12,18H2,1H3. The zero-order chi connectivity index (χ0) is 13.9. The summed E-state index contributed by atoms with van der Waals surface area (Å²) in [7, 11) is 2.17. The van der Waals surface area contributed by atoms with Crippen LogP contribution in [0.5, 0.6) is 5.75 Å². The van der Waals surface area contributed by atoms with Crippen LogP contribution in [0.2, 0.25) is 0 Å². The number of fused-ring (bicyclic) bond motifs is 1. The maximum Gasteiger partial charge on any atom is 0.127 e. The van der Waals surface area contributed by atoms with Gasteiger partial charge in [0.15, 0.2) is 0 Å². The van der Waals surface area contributed by atoms with E-state index >= 15 is 0 Å². The molecule has 106 valence electrons. The molecule has 2 aromatic rings. The zero-order valence-corrected chi connectivity index (χ0v) is 12.0. The summed E-state index contributed by atoms with van der Waals surface area (Å²) in [5.74, 6) is 0.993. The maximum atomic E-state index is 6.25. The Bertz CT molecular complexity index is 589. The topological polar surface area (TPSA) is 38.5 Å². The molecule has 20 heavy (non-hydrogen) atoms. The summed E-state index contributed by atoms with van der Waals surface area (Å²) in [6.07, 6.45) is 2.53. The molecule has 0 bridgehead atoms. The molecule has 1 fully saturated rings. The fourth-order valence-electron chi connectivity index (χ4n) is 2.90. The van der Waals surface area contributed by atoms with Crippen molar-refractivity contribution in [1.82, 2.24) is 4.90 Å². The molecule has 0 saturated carbocycles. The molecule has 1 aliphatic heterocycles. The summed E-state index contributed by atoms with van der Waals surface area (Å²) in [5.41, 5.74) is 7.00. The zero-order valence-electron chi connectivity index (χ0n) is 12.0. The number of benzene rings is 2. The summed E-state index contributed by atoms with van der Waals surface area (Å²) in [6, 6.07) is 12.5. The van der Waals surface area contributed by atoms with Crippen LogP contribution in [-0.2, 0) is 6.54 Å². The third-order valence-corrected chi connectivity index (χ3v) is 4.15. The molecule has 2 aromatic carbocycles. The lowest BCUT2D eigenvalue weighted by Gasteiger charge is -2.29. The summed E-state index contributed by atoms with van der Waals surface area (Å²) in [6.45, 7) is 2.79. The van der Waals surface area contributed by atoms with Crippen molar-refractivity contribution in [1.29, 1.82) is 0 Å². The molecule has 0 spiro atoms. The number of hydrogen-bond donors (Lipinski definition) is 1. The van der Waals surface area contributed by atoms with Gasteiger partial charge in [0.1, 0.15) is 11.9 Å². The van der Waals surface area contributed by atoms with E-state index in [0.717, 1.165) is 31.7 Å². The summed E-state index contributed by atoms with van der Waals surface area (Å²) >= 11 is 0. The Morgan fingerprint density at radius 2 is 1.80 bits per heavy atom. The van der Waals surface area contributed by atoms with E-state index in [4.69, 9.17) is 10.5 Å². The predicted octanol–water partition coefficient (Wildman–Crippen LogP) is 2.77. The number of ether oxygens (including phenoxy) is 1. The van der Waals surface area contributed by atoms with E-state index in [1.165, 1.54) is 16.3 Å². The SMILES string of the molecule is CN1CCC(Oc2ccc(CN)c3ccccc23)CC1. The van der Waals surface area contributed by atoms with Gasteiger partial charge in [0.05, 0.1) is 0 Å². The average Bonchev–Trinajstić information content (AvgIpc) is 2.50. The molecule has 1 heterocycles. The van der Waals surface area contributed by atoms with E-state index in [-0.39, 0.29) is 0 Å². The first-order valence-corrected chi connectivity index (χ1v) is 7.34. The van der Waals surface area contributed by atoms with Crippen molar-refractivity contribution in [3.05, 3.63) is 42.0 Å². The van der Waals surface area contributed by atoms with Crippen LogP contribution in [0.1, 0.15) is 18.4 Å². The first kappa shape index (κ1) is 13.4. The lowest BCUT2D eigenvalue weighted by Crippen LogP contribution is -2.35. The van der Waals surface area contributed by atoms with Gasteiger partial charge >= 0.3 is 0 Å². The third kappa shape index (κ3) is 2.65. The minimum Gasteiger partial charge on any atom is -0.490 e. The summed E-state index contributed by atoms with van der Waals surface area (Å²) < 4.78 is 6.25. The molecular weight excluding hydrogens is 248 g/mol. The van der Waals surface area contributed by atoms with Crippen LogP contribution in [-0.4, -0.2) is 31.1 Å². The molecule has 3 heteroatoms. The van der Waals surface area contributed by atoms with E-state index in [1.807, 2.05) is 0 Å².